The lowest BCUT2D eigenvalue weighted by Crippen LogP contribution is -2.28. The Bertz CT molecular complexity index is 1810. The Labute approximate surface area is 248 Å². The van der Waals surface area contributed by atoms with Crippen LogP contribution in [-0.4, -0.2) is 30.3 Å². The smallest absolute Gasteiger partial charge is 0.236 e. The first-order valence-corrected chi connectivity index (χ1v) is 13.2. The van der Waals surface area contributed by atoms with Crippen molar-refractivity contribution >= 4 is 0 Å². The normalized spacial score (nSPS) is 11.5. The van der Waals surface area contributed by atoms with Gasteiger partial charge in [0.15, 0.2) is 0 Å². The molecule has 0 radical (unpaired) electrons. The molecule has 6 nitrogen and oxygen atoms in total. The fraction of sp³-hybridized carbons (Fsp3) is 0.0294. The largest absolute Gasteiger partial charge is 0.507 e. The maximum Gasteiger partial charge on any atom is 0.236 e. The molecule has 0 aliphatic rings. The summed E-state index contributed by atoms with van der Waals surface area (Å²) in [6, 6.07) is 23.2. The minimum atomic E-state index is -2.69. The Morgan fingerprint density at radius 2 is 0.727 bits per heavy atom. The van der Waals surface area contributed by atoms with Gasteiger partial charge in [-0.1, -0.05) is 18.2 Å². The van der Waals surface area contributed by atoms with Crippen LogP contribution >= 0.6 is 0 Å². The van der Waals surface area contributed by atoms with Crippen LogP contribution in [0.3, 0.4) is 0 Å². The van der Waals surface area contributed by atoms with E-state index in [2.05, 4.69) is 15.0 Å². The summed E-state index contributed by atoms with van der Waals surface area (Å²) in [5, 5.41) is 31.2. The van der Waals surface area contributed by atoms with Crippen molar-refractivity contribution < 1.29 is 32.9 Å². The fourth-order valence-electron chi connectivity index (χ4n) is 4.89. The van der Waals surface area contributed by atoms with E-state index in [1.165, 1.54) is 72.8 Å². The van der Waals surface area contributed by atoms with Crippen LogP contribution in [-0.2, 0) is 5.67 Å². The molecule has 10 heteroatoms. The van der Waals surface area contributed by atoms with E-state index in [1.54, 1.807) is 0 Å². The van der Waals surface area contributed by atoms with Gasteiger partial charge >= 0.3 is 0 Å². The second-order valence-corrected chi connectivity index (χ2v) is 9.87. The van der Waals surface area contributed by atoms with E-state index in [1.807, 2.05) is 0 Å². The van der Waals surface area contributed by atoms with Crippen LogP contribution < -0.4 is 0 Å². The zero-order valence-electron chi connectivity index (χ0n) is 22.6. The summed E-state index contributed by atoms with van der Waals surface area (Å²) in [5.74, 6) is -3.22. The SMILES string of the molecule is Oc1cc(F)ccc1-c1cccc(C(F)(c2cccc(-c3ccc(F)cc3O)n2)c2cccc(-c3ccc(F)cc3O)n2)n1. The van der Waals surface area contributed by atoms with Gasteiger partial charge in [-0.05, 0) is 72.8 Å². The van der Waals surface area contributed by atoms with Crippen LogP contribution in [0.4, 0.5) is 17.6 Å². The topological polar surface area (TPSA) is 99.4 Å². The molecule has 3 aromatic carbocycles. The van der Waals surface area contributed by atoms with Gasteiger partial charge < -0.3 is 15.3 Å². The summed E-state index contributed by atoms with van der Waals surface area (Å²) in [5.41, 5.74) is -2.50. The number of benzene rings is 3. The first-order chi connectivity index (χ1) is 21.1. The molecule has 3 aromatic heterocycles. The third kappa shape index (κ3) is 5.17. The Hall–Kier alpha value is -5.77. The number of aromatic hydroxyl groups is 3. The molecule has 6 aromatic rings. The number of pyridine rings is 3. The highest BCUT2D eigenvalue weighted by Crippen LogP contribution is 2.42. The zero-order valence-corrected chi connectivity index (χ0v) is 22.6. The van der Waals surface area contributed by atoms with Crippen molar-refractivity contribution in [3.8, 4) is 51.0 Å². The highest BCUT2D eigenvalue weighted by Gasteiger charge is 2.42. The second-order valence-electron chi connectivity index (χ2n) is 9.87. The molecule has 0 saturated heterocycles. The van der Waals surface area contributed by atoms with Gasteiger partial charge in [-0.25, -0.2) is 32.5 Å². The lowest BCUT2D eigenvalue weighted by atomic mass is 9.90. The van der Waals surface area contributed by atoms with Crippen LogP contribution in [0.5, 0.6) is 17.2 Å². The maximum atomic E-state index is 18.0. The van der Waals surface area contributed by atoms with Crippen molar-refractivity contribution in [2.45, 2.75) is 5.67 Å². The summed E-state index contributed by atoms with van der Waals surface area (Å²) in [4.78, 5) is 13.5. The Balaban J connectivity index is 1.57. The number of halogens is 4. The molecule has 44 heavy (non-hydrogen) atoms. The lowest BCUT2D eigenvalue weighted by Gasteiger charge is -2.26. The molecule has 0 amide bonds. The number of alkyl halides is 1. The molecule has 3 heterocycles. The number of phenolic OH excluding ortho intramolecular Hbond substituents is 3. The Morgan fingerprint density at radius 3 is 1.00 bits per heavy atom. The minimum absolute atomic E-state index is 0.127. The van der Waals surface area contributed by atoms with Gasteiger partial charge in [0.25, 0.3) is 0 Å². The summed E-state index contributed by atoms with van der Waals surface area (Å²) in [6.07, 6.45) is 0. The predicted molar refractivity (Wildman–Crippen MR) is 155 cm³/mol. The summed E-state index contributed by atoms with van der Waals surface area (Å²) >= 11 is 0. The molecule has 0 fully saturated rings. The van der Waals surface area contributed by atoms with E-state index >= 15 is 4.39 Å². The van der Waals surface area contributed by atoms with Crippen molar-refractivity contribution in [1.29, 1.82) is 0 Å². The number of hydrogen-bond acceptors (Lipinski definition) is 6. The third-order valence-electron chi connectivity index (χ3n) is 7.01. The van der Waals surface area contributed by atoms with Gasteiger partial charge in [-0.15, -0.1) is 0 Å². The molecular weight excluding hydrogens is 574 g/mol. The highest BCUT2D eigenvalue weighted by atomic mass is 19.1. The number of phenols is 3. The van der Waals surface area contributed by atoms with Gasteiger partial charge in [-0.3, -0.25) is 0 Å². The average molecular weight is 596 g/mol. The van der Waals surface area contributed by atoms with E-state index < -0.39 is 40.4 Å². The molecular formula is C34H21F4N3O3. The molecule has 0 aliphatic carbocycles. The van der Waals surface area contributed by atoms with Gasteiger partial charge in [0.05, 0.1) is 34.2 Å². The quantitative estimate of drug-likeness (QED) is 0.171. The standard InChI is InChI=1S/C34H21F4N3O3/c35-19-10-13-22(28(42)16-19)25-4-1-7-31(39-25)34(38,32-8-2-5-26(40-32)23-14-11-20(36)17-29(23)43)33-9-3-6-27(41-33)24-15-12-21(37)18-30(24)44/h1-18,42-44H. The average Bonchev–Trinajstić information content (AvgIpc) is 3.01. The van der Waals surface area contributed by atoms with Crippen molar-refractivity contribution in [3.05, 3.63) is 144 Å². The zero-order chi connectivity index (χ0) is 31.0. The molecule has 0 bridgehead atoms. The number of hydrogen-bond donors (Lipinski definition) is 3. The monoisotopic (exact) mass is 595 g/mol. The predicted octanol–water partition coefficient (Wildman–Crippen LogP) is 7.67. The Kier molecular flexibility index (Phi) is 7.18. The molecule has 0 unspecified atom stereocenters. The molecule has 0 aliphatic heterocycles. The number of nitrogens with zero attached hydrogens (tertiary/aromatic N) is 3. The summed E-state index contributed by atoms with van der Waals surface area (Å²) in [6.45, 7) is 0. The Morgan fingerprint density at radius 1 is 0.432 bits per heavy atom. The molecule has 0 saturated carbocycles. The van der Waals surface area contributed by atoms with Gasteiger partial charge in [0, 0.05) is 34.9 Å². The number of rotatable bonds is 6. The van der Waals surface area contributed by atoms with Crippen LogP contribution in [0.15, 0.2) is 109 Å². The van der Waals surface area contributed by atoms with Crippen LogP contribution in [0, 0.1) is 17.5 Å². The van der Waals surface area contributed by atoms with E-state index in [4.69, 9.17) is 0 Å². The highest BCUT2D eigenvalue weighted by molar-refractivity contribution is 5.70. The molecule has 218 valence electrons. The van der Waals surface area contributed by atoms with Gasteiger partial charge in [0.2, 0.25) is 5.67 Å². The maximum absolute atomic E-state index is 18.0. The lowest BCUT2D eigenvalue weighted by molar-refractivity contribution is 0.259. The molecule has 0 atom stereocenters. The number of aromatic nitrogens is 3. The van der Waals surface area contributed by atoms with Crippen LogP contribution in [0.25, 0.3) is 33.8 Å². The second kappa shape index (κ2) is 11.1. The van der Waals surface area contributed by atoms with Crippen molar-refractivity contribution in [3.63, 3.8) is 0 Å². The van der Waals surface area contributed by atoms with E-state index in [0.717, 1.165) is 36.4 Å². The summed E-state index contributed by atoms with van der Waals surface area (Å²) in [7, 11) is 0. The van der Waals surface area contributed by atoms with Crippen molar-refractivity contribution in [1.82, 2.24) is 15.0 Å². The van der Waals surface area contributed by atoms with Crippen molar-refractivity contribution in [2.75, 3.05) is 0 Å². The third-order valence-corrected chi connectivity index (χ3v) is 7.01. The minimum Gasteiger partial charge on any atom is -0.507 e. The van der Waals surface area contributed by atoms with Gasteiger partial charge in [-0.2, -0.15) is 0 Å². The first kappa shape index (κ1) is 28.4. The molecule has 3 N–H and O–H groups in total. The van der Waals surface area contributed by atoms with Crippen LogP contribution in [0.1, 0.15) is 17.1 Å². The van der Waals surface area contributed by atoms with Crippen molar-refractivity contribution in [2.24, 2.45) is 0 Å². The van der Waals surface area contributed by atoms with E-state index in [0.29, 0.717) is 0 Å². The van der Waals surface area contributed by atoms with E-state index in [9.17, 15) is 28.5 Å². The first-order valence-electron chi connectivity index (χ1n) is 13.2. The van der Waals surface area contributed by atoms with E-state index in [-0.39, 0.29) is 50.9 Å². The summed E-state index contributed by atoms with van der Waals surface area (Å²) < 4.78 is 59.1. The van der Waals surface area contributed by atoms with Gasteiger partial charge in [0.1, 0.15) is 34.7 Å². The van der Waals surface area contributed by atoms with Crippen LogP contribution in [0.2, 0.25) is 0 Å². The molecule has 6 rings (SSSR count). The molecule has 0 spiro atoms. The fourth-order valence-corrected chi connectivity index (χ4v) is 4.89.